The van der Waals surface area contributed by atoms with Crippen molar-refractivity contribution in [2.75, 3.05) is 0 Å². The van der Waals surface area contributed by atoms with Crippen molar-refractivity contribution in [1.29, 1.82) is 0 Å². The van der Waals surface area contributed by atoms with Crippen molar-refractivity contribution in [2.24, 2.45) is 0 Å². The van der Waals surface area contributed by atoms with E-state index in [1.807, 2.05) is 13.8 Å². The van der Waals surface area contributed by atoms with E-state index in [0.29, 0.717) is 0 Å². The molecule has 0 saturated heterocycles. The molecular formula is C6H13Ru-4. The van der Waals surface area contributed by atoms with E-state index in [2.05, 4.69) is 6.58 Å². The van der Waals surface area contributed by atoms with Crippen LogP contribution >= 0.6 is 0 Å². The van der Waals surface area contributed by atoms with E-state index in [-0.39, 0.29) is 25.2 Å². The first-order chi connectivity index (χ1) is 2.64. The van der Waals surface area contributed by atoms with Gasteiger partial charge in [-0.1, -0.05) is 6.92 Å². The fourth-order valence-corrected chi connectivity index (χ4v) is 0. The maximum absolute atomic E-state index is 5.25. The number of rotatable bonds is 1. The van der Waals surface area contributed by atoms with Crippen molar-refractivity contribution < 1.29 is 25.2 Å². The molecule has 0 amide bonds. The van der Waals surface area contributed by atoms with E-state index in [1.54, 1.807) is 0 Å². The maximum atomic E-state index is 5.25. The number of hydrogen-bond acceptors (Lipinski definition) is 0. The van der Waals surface area contributed by atoms with Crippen LogP contribution in [0.1, 0.15) is 19.6 Å². The van der Waals surface area contributed by atoms with E-state index in [1.165, 1.54) is 0 Å². The second-order valence-electron chi connectivity index (χ2n) is 1.46. The Hall–Kier alpha value is 0.103. The molecule has 0 aromatic heterocycles. The molecule has 0 atom stereocenters. The Morgan fingerprint density at radius 2 is 1.71 bits per heavy atom. The molecule has 0 aliphatic rings. The first-order valence-electron chi connectivity index (χ1n) is 1.89. The molecule has 0 heterocycles. The predicted molar refractivity (Wildman–Crippen MR) is 32.7 cm³/mol. The summed E-state index contributed by atoms with van der Waals surface area (Å²) in [6.45, 7) is 12.6. The van der Waals surface area contributed by atoms with Gasteiger partial charge in [0.05, 0.1) is 0 Å². The van der Waals surface area contributed by atoms with Crippen LogP contribution in [0.4, 0.5) is 0 Å². The molecule has 0 N–H and O–H groups in total. The molecule has 0 unspecified atom stereocenters. The second-order valence-corrected chi connectivity index (χ2v) is 1.46. The van der Waals surface area contributed by atoms with Gasteiger partial charge in [-0.05, 0) is 0 Å². The molecule has 0 aliphatic carbocycles. The molecule has 1 radical (unpaired) electrons. The summed E-state index contributed by atoms with van der Waals surface area (Å²) in [6, 6.07) is 0. The zero-order valence-electron chi connectivity index (χ0n) is 8.64. The zero-order valence-corrected chi connectivity index (χ0v) is 6.38. The van der Waals surface area contributed by atoms with Gasteiger partial charge >= 0.3 is 19.5 Å². The zero-order chi connectivity index (χ0) is 5.15. The van der Waals surface area contributed by atoms with Crippen LogP contribution in [0.3, 0.4) is 0 Å². The van der Waals surface area contributed by atoms with Gasteiger partial charge in [-0.3, -0.25) is 6.58 Å². The molecule has 1 heteroatoms. The first kappa shape index (κ1) is 10.2. The van der Waals surface area contributed by atoms with Gasteiger partial charge in [-0.2, -0.15) is 6.58 Å². The third-order valence-corrected chi connectivity index (χ3v) is 0.673. The molecule has 0 aliphatic heterocycles. The van der Waals surface area contributed by atoms with Crippen LogP contribution in [0.15, 0.2) is 17.7 Å². The van der Waals surface area contributed by atoms with Gasteiger partial charge in [0.1, 0.15) is 0 Å². The van der Waals surface area contributed by atoms with Gasteiger partial charge < -0.3 is 5.71 Å². The minimum Gasteiger partial charge on any atom is -1.00 e. The molecule has 49 valence electrons. The quantitative estimate of drug-likeness (QED) is 0.335. The standard InChI is InChI=1S/C6H9.Ru.4H/c1-5(2)6(3)4;;;;;/h1H,3H2,2,4H3;;;;;/q-1;+1;4*-1. The van der Waals surface area contributed by atoms with Crippen LogP contribution in [0.2, 0.25) is 0 Å². The van der Waals surface area contributed by atoms with Crippen LogP contribution < -0.4 is 0 Å². The smallest absolute Gasteiger partial charge is 1.00 e. The van der Waals surface area contributed by atoms with Gasteiger partial charge in [-0.15, -0.1) is 6.92 Å². The summed E-state index contributed by atoms with van der Waals surface area (Å²) in [5.74, 6) is 0. The monoisotopic (exact) mass is 187 g/mol. The number of hydrogen-bond donors (Lipinski definition) is 0. The average Bonchev–Trinajstić information content (AvgIpc) is 1.36. The van der Waals surface area contributed by atoms with Crippen LogP contribution in [0.5, 0.6) is 0 Å². The van der Waals surface area contributed by atoms with E-state index in [4.69, 9.17) is 6.58 Å². The minimum atomic E-state index is 0. The van der Waals surface area contributed by atoms with Crippen molar-refractivity contribution >= 4 is 0 Å². The van der Waals surface area contributed by atoms with E-state index in [0.717, 1.165) is 11.1 Å². The third kappa shape index (κ3) is 6.10. The summed E-state index contributed by atoms with van der Waals surface area (Å²) >= 11 is 0. The molecule has 0 nitrogen and oxygen atoms in total. The summed E-state index contributed by atoms with van der Waals surface area (Å²) < 4.78 is 0. The first-order valence-corrected chi connectivity index (χ1v) is 1.89. The van der Waals surface area contributed by atoms with Crippen LogP contribution in [-0.2, 0) is 19.5 Å². The minimum absolute atomic E-state index is 0. The van der Waals surface area contributed by atoms with Crippen LogP contribution in [0.25, 0.3) is 0 Å². The van der Waals surface area contributed by atoms with Gasteiger partial charge in [0.2, 0.25) is 0 Å². The van der Waals surface area contributed by atoms with Gasteiger partial charge in [-0.25, -0.2) is 11.1 Å². The van der Waals surface area contributed by atoms with E-state index in [9.17, 15) is 0 Å². The third-order valence-electron chi connectivity index (χ3n) is 0.673. The van der Waals surface area contributed by atoms with Crippen LogP contribution in [0, 0.1) is 6.58 Å². The van der Waals surface area contributed by atoms with E-state index < -0.39 is 0 Å². The average molecular weight is 186 g/mol. The summed E-state index contributed by atoms with van der Waals surface area (Å²) in [4.78, 5) is 0. The fourth-order valence-electron chi connectivity index (χ4n) is 0. The maximum Gasteiger partial charge on any atom is 1.00 e. The molecular weight excluding hydrogens is 173 g/mol. The second kappa shape index (κ2) is 4.27. The normalized spacial score (nSPS) is 6.57. The van der Waals surface area contributed by atoms with Gasteiger partial charge in [0.25, 0.3) is 0 Å². The van der Waals surface area contributed by atoms with Crippen molar-refractivity contribution in [2.45, 2.75) is 13.8 Å². The Bertz CT molecular complexity index is 80.6. The Morgan fingerprint density at radius 3 is 1.71 bits per heavy atom. The van der Waals surface area contributed by atoms with Crippen LogP contribution in [-0.4, -0.2) is 0 Å². The Kier molecular flexibility index (Phi) is 6.19. The summed E-state index contributed by atoms with van der Waals surface area (Å²) in [6.07, 6.45) is 0. The molecule has 0 rings (SSSR count). The molecule has 0 fully saturated rings. The van der Waals surface area contributed by atoms with Crippen molar-refractivity contribution in [3.8, 4) is 0 Å². The topological polar surface area (TPSA) is 0 Å². The number of allylic oxidation sites excluding steroid dienone is 2. The predicted octanol–water partition coefficient (Wildman–Crippen LogP) is 2.39. The fraction of sp³-hybridized carbons (Fsp3) is 0.333. The molecule has 7 heavy (non-hydrogen) atoms. The van der Waals surface area contributed by atoms with Crippen molar-refractivity contribution in [1.82, 2.24) is 0 Å². The Morgan fingerprint density at radius 1 is 1.57 bits per heavy atom. The Labute approximate surface area is 64.0 Å². The largest absolute Gasteiger partial charge is 1.00 e. The van der Waals surface area contributed by atoms with Crippen molar-refractivity contribution in [3.63, 3.8) is 0 Å². The molecule has 0 bridgehead atoms. The van der Waals surface area contributed by atoms with Gasteiger partial charge in [0, 0.05) is 0 Å². The van der Waals surface area contributed by atoms with E-state index >= 15 is 0 Å². The van der Waals surface area contributed by atoms with Gasteiger partial charge in [0.15, 0.2) is 0 Å². The molecule has 0 spiro atoms. The Balaban J connectivity index is -0.0000000125. The van der Waals surface area contributed by atoms with Crippen molar-refractivity contribution in [3.05, 3.63) is 24.3 Å². The summed E-state index contributed by atoms with van der Waals surface area (Å²) in [5, 5.41) is 0. The molecule has 0 saturated carbocycles. The summed E-state index contributed by atoms with van der Waals surface area (Å²) in [5.41, 5.74) is 1.77. The SMILES string of the molecule is [CH-]=C(C)C(=C)C.[H-].[H-].[H-].[H-].[Ru+]. The molecule has 0 aromatic carbocycles. The molecule has 0 aromatic rings. The summed E-state index contributed by atoms with van der Waals surface area (Å²) in [7, 11) is 0.